The van der Waals surface area contributed by atoms with Gasteiger partial charge < -0.3 is 31.6 Å². The molecule has 562 valence electrons. The average molecular weight is 1610 g/mol. The quantitative estimate of drug-likeness (QED) is 0.0168. The summed E-state index contributed by atoms with van der Waals surface area (Å²) >= 11 is 3.17. The maximum absolute atomic E-state index is 13.4. The summed E-state index contributed by atoms with van der Waals surface area (Å²) in [5.74, 6) is -2.46. The van der Waals surface area contributed by atoms with Gasteiger partial charge in [0.15, 0.2) is 28.6 Å². The van der Waals surface area contributed by atoms with Gasteiger partial charge in [-0.25, -0.2) is 22.9 Å². The second-order valence-corrected chi connectivity index (χ2v) is 23.3. The van der Waals surface area contributed by atoms with Crippen molar-refractivity contribution in [3.63, 3.8) is 0 Å². The number of rotatable bonds is 15. The van der Waals surface area contributed by atoms with Crippen molar-refractivity contribution in [2.45, 2.75) is 168 Å². The summed E-state index contributed by atoms with van der Waals surface area (Å²) in [6, 6.07) is 13.4. The van der Waals surface area contributed by atoms with E-state index >= 15 is 0 Å². The minimum Gasteiger partial charge on any atom is -1.00 e. The number of carboxylic acids is 1. The van der Waals surface area contributed by atoms with Gasteiger partial charge in [-0.1, -0.05) is 43.6 Å². The Bertz CT molecular complexity index is 3940. The Morgan fingerprint density at radius 2 is 1.04 bits per heavy atom. The van der Waals surface area contributed by atoms with Gasteiger partial charge in [0.05, 0.1) is 53.1 Å². The third kappa shape index (κ3) is 27.2. The normalized spacial score (nSPS) is 13.4. The van der Waals surface area contributed by atoms with Gasteiger partial charge >= 0.3 is 139 Å². The number of fused-ring (bicyclic) bond motifs is 2. The van der Waals surface area contributed by atoms with Crippen molar-refractivity contribution < 1.29 is 210 Å². The predicted molar refractivity (Wildman–Crippen MR) is 343 cm³/mol. The van der Waals surface area contributed by atoms with E-state index in [9.17, 15) is 80.6 Å². The zero-order chi connectivity index (χ0) is 76.8. The van der Waals surface area contributed by atoms with Crippen LogP contribution in [0.3, 0.4) is 0 Å². The molecule has 4 atom stereocenters. The summed E-state index contributed by atoms with van der Waals surface area (Å²) in [6.07, 6.45) is -9.38. The molecule has 0 saturated carbocycles. The van der Waals surface area contributed by atoms with Crippen LogP contribution >= 0.6 is 15.9 Å². The first-order valence-corrected chi connectivity index (χ1v) is 32.1. The Morgan fingerprint density at radius 1 is 0.625 bits per heavy atom. The van der Waals surface area contributed by atoms with E-state index in [-0.39, 0.29) is 169 Å². The fourth-order valence-corrected chi connectivity index (χ4v) is 10.1. The van der Waals surface area contributed by atoms with E-state index in [1.165, 1.54) is 64.6 Å². The summed E-state index contributed by atoms with van der Waals surface area (Å²) in [5, 5.41) is 44.9. The van der Waals surface area contributed by atoms with E-state index < -0.39 is 71.6 Å². The van der Waals surface area contributed by atoms with E-state index in [1.807, 2.05) is 17.8 Å². The first-order chi connectivity index (χ1) is 47.7. The second kappa shape index (κ2) is 42.9. The molecule has 0 radical (unpaired) electrons. The number of aryl methyl sites for hydroxylation is 4. The van der Waals surface area contributed by atoms with E-state index in [4.69, 9.17) is 19.9 Å². The Kier molecular flexibility index (Phi) is 38.8. The fourth-order valence-electron chi connectivity index (χ4n) is 9.93. The maximum atomic E-state index is 13.4. The minimum absolute atomic E-state index is 0. The number of hydrogen-bond donors (Lipinski definition) is 3. The van der Waals surface area contributed by atoms with Crippen molar-refractivity contribution >= 4 is 57.4 Å². The molecule has 3 N–H and O–H groups in total. The molecule has 0 fully saturated rings. The number of anilines is 2. The van der Waals surface area contributed by atoms with E-state index in [2.05, 4.69) is 61.8 Å². The van der Waals surface area contributed by atoms with Crippen molar-refractivity contribution in [3.8, 4) is 11.4 Å². The van der Waals surface area contributed by atoms with Crippen LogP contribution in [0.5, 0.6) is 0 Å². The summed E-state index contributed by atoms with van der Waals surface area (Å²) in [4.78, 5) is 58.8. The molecule has 2 aromatic carbocycles. The van der Waals surface area contributed by atoms with Crippen LogP contribution in [0.2, 0.25) is 0 Å². The van der Waals surface area contributed by atoms with E-state index in [0.717, 1.165) is 81.2 Å². The van der Waals surface area contributed by atoms with E-state index in [0.29, 0.717) is 55.2 Å². The molecule has 2 aliphatic heterocycles. The fraction of sp³-hybridized carbons (Fsp3) is 0.453. The number of benzene rings is 2. The van der Waals surface area contributed by atoms with Crippen LogP contribution in [0.25, 0.3) is 11.4 Å². The van der Waals surface area contributed by atoms with Gasteiger partial charge in [-0.2, -0.15) is 83.3 Å². The van der Waals surface area contributed by atoms with Crippen LogP contribution in [0, 0.1) is 39.3 Å². The summed E-state index contributed by atoms with van der Waals surface area (Å²) in [7, 11) is 0. The van der Waals surface area contributed by atoms with Gasteiger partial charge in [-0.3, -0.25) is 38.3 Å². The van der Waals surface area contributed by atoms with Crippen molar-refractivity contribution in [3.05, 3.63) is 154 Å². The molecule has 2 aliphatic rings. The molecule has 4 unspecified atom stereocenters. The van der Waals surface area contributed by atoms with Crippen LogP contribution < -0.4 is 118 Å². The Morgan fingerprint density at radius 3 is 1.39 bits per heavy atom. The summed E-state index contributed by atoms with van der Waals surface area (Å²) in [6.45, 7) is 17.8. The number of aromatic nitrogens is 12. The minimum atomic E-state index is -4.58. The Hall–Kier alpha value is -6.22. The molecule has 0 saturated heterocycles. The topological polar surface area (TPSA) is 280 Å². The largest absolute Gasteiger partial charge is 1.00 e. The first kappa shape index (κ1) is 93.9. The number of nitrogens with zero attached hydrogens (tertiary/aromatic N) is 12. The molecule has 23 nitrogen and oxygen atoms in total. The molecule has 0 bridgehead atoms. The monoisotopic (exact) mass is 1610 g/mol. The summed E-state index contributed by atoms with van der Waals surface area (Å²) < 4.78 is 186. The molecule has 40 heteroatoms. The van der Waals surface area contributed by atoms with Gasteiger partial charge in [0.1, 0.15) is 34.6 Å². The third-order valence-electron chi connectivity index (χ3n) is 14.8. The number of H-pyrrole nitrogens is 1. The number of aliphatic carboxylic acids is 1. The summed E-state index contributed by atoms with van der Waals surface area (Å²) in [5.41, 5.74) is 2.56. The Balaban J connectivity index is 0.000000651. The van der Waals surface area contributed by atoms with Gasteiger partial charge in [-0.15, -0.1) is 0 Å². The number of hydrogen-bond acceptors (Lipinski definition) is 15. The van der Waals surface area contributed by atoms with Crippen LogP contribution in [0.4, 0.5) is 72.8 Å². The number of ether oxygens (including phenoxy) is 1. The molecule has 0 aliphatic carbocycles. The number of esters is 1. The van der Waals surface area contributed by atoms with Crippen molar-refractivity contribution in [1.29, 1.82) is 0 Å². The van der Waals surface area contributed by atoms with Gasteiger partial charge in [0.2, 0.25) is 0 Å². The van der Waals surface area contributed by atoms with Crippen LogP contribution in [0.15, 0.2) is 85.2 Å². The van der Waals surface area contributed by atoms with E-state index in [1.54, 1.807) is 67.7 Å². The molecule has 10 rings (SSSR count). The number of alkyl halides is 13. The van der Waals surface area contributed by atoms with Gasteiger partial charge in [-0.05, 0) is 166 Å². The van der Waals surface area contributed by atoms with Crippen LogP contribution in [-0.2, 0) is 71.1 Å². The number of aromatic amines is 1. The van der Waals surface area contributed by atoms with Crippen molar-refractivity contribution in [2.24, 2.45) is 0 Å². The zero-order valence-electron chi connectivity index (χ0n) is 59.5. The molecular weight excluding hydrogens is 1530 g/mol. The number of nitrogens with one attached hydrogen (secondary N) is 2. The Labute approximate surface area is 682 Å². The standard InChI is InChI=1S/C21H21F4N5O.C12H12FN3.C10H13F3N2O.C9H11F3N2O2.C6H11BrO2.C5H5F3N2.CH2O3.2K.H/c1-3-16(29-13(2)11-19(27-29)21(23,24)25)20(31)28-10-4-5-17-18(28)12-26-30(17)15-8-6-14(22)7-9-15;13-9-3-5-10(6-4-9)16-12-2-1-7-14-11(12)8-15-16;1-4-8(7(3)16)15-6(2)5-9(14-15)10(11,12)13;1-3-6(8(15)16)14-5(2)4-7(13-14)9(10,11)12;1-3-5(7)6(8)9-4-2;1-3-2-4(10-9-3)5(6,7)8;2-1-4-3;;;/h6-9,11-12,16H,3-5,10H2,1-2H3;3-6,8,14H,1-2,7H2;5,8H,4H2,1-3H3;4,6H,3H2,1-2H3,(H,15,16);5H,3-4H2,1-2H3;2H,1H3,(H,9,10);1,3H;;;/q;;;;;;;2*+1;-1/p-1. The number of Topliss-reactive ketones (excluding diaryl/α,β-unsaturated/α-hetero) is 1. The molecule has 8 heterocycles. The smallest absolute Gasteiger partial charge is 1.00 e. The number of carboxylic acid groups (broad SMARTS) is 1. The average Bonchev–Trinajstić information content (AvgIpc) is 1.65. The van der Waals surface area contributed by atoms with Crippen LogP contribution in [-0.4, -0.2) is 119 Å². The van der Waals surface area contributed by atoms with Gasteiger partial charge in [0, 0.05) is 35.9 Å². The number of carbonyl (C=O) groups excluding carboxylic acids is 4. The SMILES string of the molecule is CCC(C(=O)N1CCCc2c1cnn2-c1ccc(F)cc1)n1nc(C(F)(F)F)cc1C.CCC(C(=O)O)n1nc(C(F)(F)F)cc1C.CCC(C(C)=O)n1nc(C(F)(F)F)cc1C.CCOC(=O)C(Br)CC.Cc1cc(C(F)(F)F)n[nH]1.Fc1ccc(-n2ncc3c2CCCN3)cc1.O=CO[O-].[H-].[K+].[K+]. The molecule has 1 amide bonds. The third-order valence-corrected chi connectivity index (χ3v) is 15.8. The maximum Gasteiger partial charge on any atom is 1.00 e. The van der Waals surface area contributed by atoms with Gasteiger partial charge in [0.25, 0.3) is 12.4 Å². The molecule has 0 spiro atoms. The first-order valence-electron chi connectivity index (χ1n) is 31.2. The molecule has 104 heavy (non-hydrogen) atoms. The van der Waals surface area contributed by atoms with Crippen molar-refractivity contribution in [1.82, 2.24) is 59.1 Å². The second-order valence-electron chi connectivity index (χ2n) is 22.2. The number of ketones is 1. The number of halogens is 15. The van der Waals surface area contributed by atoms with Crippen LogP contribution in [0.1, 0.15) is 157 Å². The molecule has 8 aromatic rings. The van der Waals surface area contributed by atoms with Crippen molar-refractivity contribution in [2.75, 3.05) is 29.9 Å². The molecular formula is C64H75BrF14K2N14O9. The molecule has 6 aromatic heterocycles. The predicted octanol–water partition coefficient (Wildman–Crippen LogP) is 7.85. The number of amides is 1. The zero-order valence-corrected chi connectivity index (χ0v) is 66.3. The number of carbonyl (C=O) groups is 5.